The summed E-state index contributed by atoms with van der Waals surface area (Å²) in [6, 6.07) is 6.71. The first-order valence-corrected chi connectivity index (χ1v) is 10.7. The number of benzene rings is 1. The van der Waals surface area contributed by atoms with Gasteiger partial charge >= 0.3 is 0 Å². The molecule has 1 unspecified atom stereocenters. The molecule has 9 nitrogen and oxygen atoms in total. The van der Waals surface area contributed by atoms with Gasteiger partial charge in [-0.05, 0) is 30.7 Å². The number of nitrogens with zero attached hydrogens (tertiary/aromatic N) is 2. The van der Waals surface area contributed by atoms with Crippen molar-refractivity contribution in [1.82, 2.24) is 9.55 Å². The maximum absolute atomic E-state index is 12.6. The number of nitrogens with one attached hydrogen (secondary N) is 1. The highest BCUT2D eigenvalue weighted by Gasteiger charge is 2.21. The molecule has 0 aliphatic heterocycles. The SMILES string of the molecule is C=CCn1c(N)cc(=O)nc1SC(CC)C(=O)Nc1ccc(S(N)(=O)=O)cc1. The van der Waals surface area contributed by atoms with Gasteiger partial charge in [-0.15, -0.1) is 6.58 Å². The lowest BCUT2D eigenvalue weighted by Crippen LogP contribution is -2.26. The van der Waals surface area contributed by atoms with E-state index in [0.717, 1.165) is 11.8 Å². The van der Waals surface area contributed by atoms with Crippen molar-refractivity contribution in [2.75, 3.05) is 11.1 Å². The number of nitrogen functional groups attached to an aromatic ring is 1. The van der Waals surface area contributed by atoms with Crippen molar-refractivity contribution in [3.8, 4) is 0 Å². The smallest absolute Gasteiger partial charge is 0.275 e. The van der Waals surface area contributed by atoms with Crippen LogP contribution in [0.2, 0.25) is 0 Å². The zero-order valence-electron chi connectivity index (χ0n) is 15.2. The number of hydrogen-bond donors (Lipinski definition) is 3. The van der Waals surface area contributed by atoms with E-state index in [4.69, 9.17) is 10.9 Å². The molecule has 0 saturated carbocycles. The number of allylic oxidation sites excluding steroid dienone is 1. The Morgan fingerprint density at radius 1 is 1.39 bits per heavy atom. The van der Waals surface area contributed by atoms with Gasteiger partial charge in [0.15, 0.2) is 5.16 Å². The summed E-state index contributed by atoms with van der Waals surface area (Å²) in [5, 5.41) is 7.53. The average molecular weight is 424 g/mol. The standard InChI is InChI=1S/C17H21N5O4S2/c1-3-9-22-14(18)10-15(23)21-17(22)27-13(4-2)16(24)20-11-5-7-12(8-6-11)28(19,25)26/h3,5-8,10,13H,1,4,9,18H2,2H3,(H,20,24)(H2,19,25,26). The van der Waals surface area contributed by atoms with Crippen LogP contribution in [0.4, 0.5) is 11.5 Å². The van der Waals surface area contributed by atoms with Gasteiger partial charge in [-0.2, -0.15) is 4.98 Å². The third-order valence-corrected chi connectivity index (χ3v) is 5.98. The number of nitrogens with two attached hydrogens (primary N) is 2. The summed E-state index contributed by atoms with van der Waals surface area (Å²) in [4.78, 5) is 28.2. The van der Waals surface area contributed by atoms with Gasteiger partial charge < -0.3 is 15.6 Å². The first kappa shape index (κ1) is 21.7. The number of aromatic nitrogens is 2. The number of carbonyl (C=O) groups is 1. The number of primary sulfonamides is 1. The van der Waals surface area contributed by atoms with E-state index in [1.54, 1.807) is 10.6 Å². The van der Waals surface area contributed by atoms with E-state index < -0.39 is 20.8 Å². The Balaban J connectivity index is 2.21. The van der Waals surface area contributed by atoms with Gasteiger partial charge in [0.1, 0.15) is 5.82 Å². The predicted octanol–water partition coefficient (Wildman–Crippen LogP) is 1.17. The lowest BCUT2D eigenvalue weighted by atomic mass is 10.3. The number of carbonyl (C=O) groups excluding carboxylic acids is 1. The summed E-state index contributed by atoms with van der Waals surface area (Å²) >= 11 is 1.11. The van der Waals surface area contributed by atoms with Crippen molar-refractivity contribution in [2.45, 2.75) is 35.2 Å². The van der Waals surface area contributed by atoms with Crippen LogP contribution in [-0.4, -0.2) is 29.1 Å². The van der Waals surface area contributed by atoms with Crippen LogP contribution >= 0.6 is 11.8 Å². The van der Waals surface area contributed by atoms with Crippen molar-refractivity contribution in [3.05, 3.63) is 53.3 Å². The minimum absolute atomic E-state index is 0.0516. The van der Waals surface area contributed by atoms with Gasteiger partial charge in [0.2, 0.25) is 15.9 Å². The molecule has 1 heterocycles. The van der Waals surface area contributed by atoms with Gasteiger partial charge in [0, 0.05) is 18.3 Å². The van der Waals surface area contributed by atoms with Crippen molar-refractivity contribution in [3.63, 3.8) is 0 Å². The van der Waals surface area contributed by atoms with Gasteiger partial charge in [0.25, 0.3) is 5.56 Å². The Hall–Kier alpha value is -2.63. The van der Waals surface area contributed by atoms with E-state index in [2.05, 4.69) is 16.9 Å². The summed E-state index contributed by atoms with van der Waals surface area (Å²) < 4.78 is 24.2. The lowest BCUT2D eigenvalue weighted by molar-refractivity contribution is -0.115. The van der Waals surface area contributed by atoms with Crippen LogP contribution in [0.5, 0.6) is 0 Å². The Labute approximate surface area is 166 Å². The van der Waals surface area contributed by atoms with Crippen LogP contribution in [0.3, 0.4) is 0 Å². The summed E-state index contributed by atoms with van der Waals surface area (Å²) in [6.07, 6.45) is 2.07. The predicted molar refractivity (Wildman–Crippen MR) is 109 cm³/mol. The van der Waals surface area contributed by atoms with Crippen LogP contribution in [0, 0.1) is 0 Å². The molecule has 0 fully saturated rings. The van der Waals surface area contributed by atoms with Crippen molar-refractivity contribution in [2.24, 2.45) is 5.14 Å². The molecule has 150 valence electrons. The van der Waals surface area contributed by atoms with Crippen LogP contribution < -0.4 is 21.7 Å². The van der Waals surface area contributed by atoms with Crippen LogP contribution in [0.1, 0.15) is 13.3 Å². The zero-order valence-corrected chi connectivity index (χ0v) is 16.8. The Morgan fingerprint density at radius 2 is 2.04 bits per heavy atom. The molecule has 2 rings (SSSR count). The molecule has 0 radical (unpaired) electrons. The summed E-state index contributed by atoms with van der Waals surface area (Å²) in [5.41, 5.74) is 5.80. The van der Waals surface area contributed by atoms with Crippen LogP contribution in [-0.2, 0) is 21.4 Å². The molecular formula is C17H21N5O4S2. The van der Waals surface area contributed by atoms with Gasteiger partial charge in [-0.25, -0.2) is 13.6 Å². The number of rotatable bonds is 8. The molecule has 1 aromatic carbocycles. The molecule has 5 N–H and O–H groups in total. The highest BCUT2D eigenvalue weighted by Crippen LogP contribution is 2.26. The number of amides is 1. The molecule has 1 aromatic heterocycles. The first-order valence-electron chi connectivity index (χ1n) is 8.24. The maximum atomic E-state index is 12.6. The van der Waals surface area contributed by atoms with E-state index in [1.165, 1.54) is 30.3 Å². The number of anilines is 2. The van der Waals surface area contributed by atoms with E-state index >= 15 is 0 Å². The van der Waals surface area contributed by atoms with Crippen molar-refractivity contribution < 1.29 is 13.2 Å². The van der Waals surface area contributed by atoms with Gasteiger partial charge in [0.05, 0.1) is 10.1 Å². The van der Waals surface area contributed by atoms with Crippen molar-refractivity contribution >= 4 is 39.2 Å². The Bertz CT molecular complexity index is 1030. The molecule has 0 bridgehead atoms. The largest absolute Gasteiger partial charge is 0.385 e. The molecule has 1 atom stereocenters. The Kier molecular flexibility index (Phi) is 7.00. The fraction of sp³-hybridized carbons (Fsp3) is 0.235. The minimum atomic E-state index is -3.81. The number of sulfonamides is 1. The fourth-order valence-electron chi connectivity index (χ4n) is 2.30. The second-order valence-corrected chi connectivity index (χ2v) is 8.51. The van der Waals surface area contributed by atoms with E-state index in [-0.39, 0.29) is 16.6 Å². The molecule has 1 amide bonds. The molecule has 2 aromatic rings. The fourth-order valence-corrected chi connectivity index (χ4v) is 3.86. The summed E-state index contributed by atoms with van der Waals surface area (Å²) in [7, 11) is -3.81. The van der Waals surface area contributed by atoms with E-state index in [0.29, 0.717) is 23.8 Å². The highest BCUT2D eigenvalue weighted by molar-refractivity contribution is 8.00. The molecular weight excluding hydrogens is 402 g/mol. The number of hydrogen-bond acceptors (Lipinski definition) is 7. The monoisotopic (exact) mass is 423 g/mol. The highest BCUT2D eigenvalue weighted by atomic mass is 32.2. The number of thioether (sulfide) groups is 1. The summed E-state index contributed by atoms with van der Waals surface area (Å²) in [5.74, 6) is -0.0890. The first-order chi connectivity index (χ1) is 13.2. The van der Waals surface area contributed by atoms with E-state index in [9.17, 15) is 18.0 Å². The summed E-state index contributed by atoms with van der Waals surface area (Å²) in [6.45, 7) is 5.82. The molecule has 0 aliphatic rings. The van der Waals surface area contributed by atoms with Gasteiger partial charge in [-0.3, -0.25) is 9.59 Å². The maximum Gasteiger partial charge on any atom is 0.275 e. The molecule has 0 saturated heterocycles. The lowest BCUT2D eigenvalue weighted by Gasteiger charge is -2.18. The van der Waals surface area contributed by atoms with Crippen molar-refractivity contribution in [1.29, 1.82) is 0 Å². The Morgan fingerprint density at radius 3 is 2.57 bits per heavy atom. The second kappa shape index (κ2) is 9.04. The molecule has 11 heteroatoms. The van der Waals surface area contributed by atoms with Crippen LogP contribution in [0.15, 0.2) is 57.8 Å². The quantitative estimate of drug-likeness (QED) is 0.327. The zero-order chi connectivity index (χ0) is 20.9. The van der Waals surface area contributed by atoms with Gasteiger partial charge in [-0.1, -0.05) is 24.8 Å². The average Bonchev–Trinajstić information content (AvgIpc) is 2.61. The van der Waals surface area contributed by atoms with Crippen LogP contribution in [0.25, 0.3) is 0 Å². The molecule has 28 heavy (non-hydrogen) atoms. The molecule has 0 aliphatic carbocycles. The minimum Gasteiger partial charge on any atom is -0.385 e. The topological polar surface area (TPSA) is 150 Å². The normalized spacial score (nSPS) is 12.4. The third-order valence-electron chi connectivity index (χ3n) is 3.69. The third kappa shape index (κ3) is 5.44. The molecule has 0 spiro atoms. The van der Waals surface area contributed by atoms with E-state index in [1.807, 2.05) is 6.92 Å². The second-order valence-electron chi connectivity index (χ2n) is 5.77.